The molecule has 108 valence electrons. The predicted octanol–water partition coefficient (Wildman–Crippen LogP) is 2.38. The van der Waals surface area contributed by atoms with Crippen LogP contribution in [0.2, 0.25) is 0 Å². The first kappa shape index (κ1) is 14.9. The summed E-state index contributed by atoms with van der Waals surface area (Å²) < 4.78 is 7.55. The number of aromatic nitrogens is 2. The number of benzene rings is 1. The van der Waals surface area contributed by atoms with Crippen LogP contribution in [0.4, 0.5) is 5.69 Å². The zero-order chi connectivity index (χ0) is 14.9. The van der Waals surface area contributed by atoms with Crippen molar-refractivity contribution < 1.29 is 4.74 Å². The van der Waals surface area contributed by atoms with Crippen molar-refractivity contribution in [3.05, 3.63) is 42.7 Å². The molecule has 2 aromatic rings. The molecular formula is C14H15N5OS. The summed E-state index contributed by atoms with van der Waals surface area (Å²) in [5.74, 6) is 0.677. The summed E-state index contributed by atoms with van der Waals surface area (Å²) in [4.78, 5) is 4.38. The Kier molecular flexibility index (Phi) is 5.67. The van der Waals surface area contributed by atoms with Crippen LogP contribution >= 0.6 is 11.8 Å². The highest BCUT2D eigenvalue weighted by Gasteiger charge is 2.04. The molecule has 6 nitrogen and oxygen atoms in total. The Morgan fingerprint density at radius 1 is 1.48 bits per heavy atom. The Balaban J connectivity index is 2.04. The zero-order valence-electron chi connectivity index (χ0n) is 11.6. The van der Waals surface area contributed by atoms with E-state index in [9.17, 15) is 0 Å². The van der Waals surface area contributed by atoms with Gasteiger partial charge < -0.3 is 4.74 Å². The highest BCUT2D eigenvalue weighted by molar-refractivity contribution is 8.13. The number of aliphatic imine (C=N–C) groups is 1. The minimum absolute atomic E-state index is 0.495. The summed E-state index contributed by atoms with van der Waals surface area (Å²) in [6.45, 7) is 1.16. The van der Waals surface area contributed by atoms with Gasteiger partial charge in [0.2, 0.25) is 0 Å². The molecule has 1 aromatic carbocycles. The Bertz CT molecular complexity index is 633. The lowest BCUT2D eigenvalue weighted by Gasteiger charge is -2.09. The van der Waals surface area contributed by atoms with Gasteiger partial charge in [-0.2, -0.15) is 10.4 Å². The maximum atomic E-state index is 8.67. The van der Waals surface area contributed by atoms with E-state index in [1.165, 1.54) is 11.8 Å². The molecule has 0 atom stereocenters. The van der Waals surface area contributed by atoms with Crippen LogP contribution in [0.25, 0.3) is 0 Å². The Labute approximate surface area is 127 Å². The van der Waals surface area contributed by atoms with E-state index >= 15 is 0 Å². The average Bonchev–Trinajstić information content (AvgIpc) is 3.01. The van der Waals surface area contributed by atoms with E-state index in [0.717, 1.165) is 0 Å². The van der Waals surface area contributed by atoms with Crippen molar-refractivity contribution in [2.45, 2.75) is 6.54 Å². The molecule has 0 saturated carbocycles. The van der Waals surface area contributed by atoms with Crippen molar-refractivity contribution >= 4 is 22.6 Å². The number of rotatable bonds is 5. The molecule has 21 heavy (non-hydrogen) atoms. The molecule has 0 amide bonds. The lowest BCUT2D eigenvalue weighted by molar-refractivity contribution is 0.292. The third-order valence-electron chi connectivity index (χ3n) is 2.58. The van der Waals surface area contributed by atoms with Gasteiger partial charge in [-0.3, -0.25) is 10.00 Å². The van der Waals surface area contributed by atoms with E-state index in [2.05, 4.69) is 15.4 Å². The van der Waals surface area contributed by atoms with Crippen molar-refractivity contribution in [3.8, 4) is 11.9 Å². The van der Waals surface area contributed by atoms with Crippen LogP contribution in [0, 0.1) is 11.5 Å². The van der Waals surface area contributed by atoms with Gasteiger partial charge in [0.05, 0.1) is 6.54 Å². The van der Waals surface area contributed by atoms with Gasteiger partial charge in [0, 0.05) is 12.4 Å². The van der Waals surface area contributed by atoms with Crippen LogP contribution in [0.3, 0.4) is 0 Å². The first-order valence-corrected chi connectivity index (χ1v) is 7.53. The normalized spacial score (nSPS) is 11.0. The summed E-state index contributed by atoms with van der Waals surface area (Å²) in [6.07, 6.45) is 7.34. The Morgan fingerprint density at radius 2 is 2.33 bits per heavy atom. The number of ether oxygens (including phenoxy) is 1. The van der Waals surface area contributed by atoms with Crippen LogP contribution in [0.5, 0.6) is 5.75 Å². The molecule has 0 aliphatic carbocycles. The van der Waals surface area contributed by atoms with Crippen LogP contribution in [-0.4, -0.2) is 27.8 Å². The van der Waals surface area contributed by atoms with Gasteiger partial charge >= 0.3 is 0 Å². The summed E-state index contributed by atoms with van der Waals surface area (Å²) in [6, 6.07) is 9.34. The van der Waals surface area contributed by atoms with Crippen molar-refractivity contribution in [2.75, 3.05) is 12.9 Å². The van der Waals surface area contributed by atoms with Gasteiger partial charge in [-0.05, 0) is 24.5 Å². The third kappa shape index (κ3) is 4.54. The molecule has 1 aromatic heterocycles. The number of amidine groups is 1. The van der Waals surface area contributed by atoms with Gasteiger partial charge in [0.25, 0.3) is 0 Å². The van der Waals surface area contributed by atoms with Crippen molar-refractivity contribution in [2.24, 2.45) is 4.99 Å². The number of thioether (sulfide) groups is 1. The topological polar surface area (TPSA) is 75.2 Å². The van der Waals surface area contributed by atoms with E-state index in [1.807, 2.05) is 49.0 Å². The van der Waals surface area contributed by atoms with Crippen LogP contribution in [0.1, 0.15) is 0 Å². The molecule has 0 fully saturated rings. The first-order valence-electron chi connectivity index (χ1n) is 6.30. The second-order valence-electron chi connectivity index (χ2n) is 3.94. The molecule has 0 radical (unpaired) electrons. The van der Waals surface area contributed by atoms with Crippen molar-refractivity contribution in [3.63, 3.8) is 0 Å². The molecular weight excluding hydrogens is 286 g/mol. The number of nitrogens with zero attached hydrogens (tertiary/aromatic N) is 4. The van der Waals surface area contributed by atoms with Gasteiger partial charge in [-0.1, -0.05) is 23.9 Å². The highest BCUT2D eigenvalue weighted by Crippen LogP contribution is 2.27. The average molecular weight is 301 g/mol. The fraction of sp³-hybridized carbons (Fsp3) is 0.214. The molecule has 1 heterocycles. The summed E-state index contributed by atoms with van der Waals surface area (Å²) in [5.41, 5.74) is 0.685. The van der Waals surface area contributed by atoms with Gasteiger partial charge in [-0.15, -0.1) is 0 Å². The molecule has 0 aliphatic rings. The Morgan fingerprint density at radius 3 is 3.05 bits per heavy atom. The minimum Gasteiger partial charge on any atom is -0.489 e. The molecule has 1 N–H and O–H groups in total. The lowest BCUT2D eigenvalue weighted by atomic mass is 10.3. The van der Waals surface area contributed by atoms with Crippen LogP contribution < -0.4 is 10.1 Å². The fourth-order valence-corrected chi connectivity index (χ4v) is 1.97. The number of hydrogen-bond acceptors (Lipinski definition) is 5. The van der Waals surface area contributed by atoms with E-state index in [-0.39, 0.29) is 0 Å². The molecule has 0 bridgehead atoms. The molecule has 7 heteroatoms. The smallest absolute Gasteiger partial charge is 0.183 e. The van der Waals surface area contributed by atoms with Gasteiger partial charge in [0.15, 0.2) is 11.4 Å². The van der Waals surface area contributed by atoms with E-state index in [0.29, 0.717) is 29.8 Å². The number of hydrogen-bond donors (Lipinski definition) is 1. The maximum absolute atomic E-state index is 8.67. The quantitative estimate of drug-likeness (QED) is 0.397. The SMILES string of the molecule is CSC(=Nc1ccccc1OCCn1cccn1)NC#N. The fourth-order valence-electron chi connectivity index (χ4n) is 1.64. The maximum Gasteiger partial charge on any atom is 0.183 e. The van der Waals surface area contributed by atoms with Crippen LogP contribution in [0.15, 0.2) is 47.7 Å². The summed E-state index contributed by atoms with van der Waals surface area (Å²) >= 11 is 1.37. The number of nitrogens with one attached hydrogen (secondary N) is 1. The zero-order valence-corrected chi connectivity index (χ0v) is 12.4. The van der Waals surface area contributed by atoms with Gasteiger partial charge in [0.1, 0.15) is 18.0 Å². The predicted molar refractivity (Wildman–Crippen MR) is 83.5 cm³/mol. The second kappa shape index (κ2) is 7.97. The largest absolute Gasteiger partial charge is 0.489 e. The summed E-state index contributed by atoms with van der Waals surface area (Å²) in [5, 5.41) is 15.8. The second-order valence-corrected chi connectivity index (χ2v) is 4.74. The highest BCUT2D eigenvalue weighted by atomic mass is 32.2. The first-order chi connectivity index (χ1) is 10.3. The molecule has 0 spiro atoms. The number of nitriles is 1. The number of para-hydroxylation sites is 2. The lowest BCUT2D eigenvalue weighted by Crippen LogP contribution is -2.12. The Hall–Kier alpha value is -2.46. The van der Waals surface area contributed by atoms with Crippen molar-refractivity contribution in [1.29, 1.82) is 5.26 Å². The monoisotopic (exact) mass is 301 g/mol. The molecule has 2 rings (SSSR count). The van der Waals surface area contributed by atoms with E-state index < -0.39 is 0 Å². The van der Waals surface area contributed by atoms with E-state index in [4.69, 9.17) is 10.00 Å². The molecule has 0 unspecified atom stereocenters. The molecule has 0 aliphatic heterocycles. The van der Waals surface area contributed by atoms with Crippen LogP contribution in [-0.2, 0) is 6.54 Å². The van der Waals surface area contributed by atoms with Crippen molar-refractivity contribution in [1.82, 2.24) is 15.1 Å². The minimum atomic E-state index is 0.495. The summed E-state index contributed by atoms with van der Waals surface area (Å²) in [7, 11) is 0. The van der Waals surface area contributed by atoms with Gasteiger partial charge in [-0.25, -0.2) is 4.99 Å². The third-order valence-corrected chi connectivity index (χ3v) is 3.16. The molecule has 0 saturated heterocycles. The van der Waals surface area contributed by atoms with E-state index in [1.54, 1.807) is 10.9 Å². The standard InChI is InChI=1S/C14H15N5OS/c1-21-14(16-11-15)18-12-5-2-3-6-13(12)20-10-9-19-8-4-7-17-19/h2-8H,9-10H2,1H3,(H,16,18).